The molecule has 6 heteroatoms. The minimum Gasteiger partial charge on any atom is -0.354 e. The Bertz CT molecular complexity index is 379. The first-order valence-electron chi connectivity index (χ1n) is 6.75. The third-order valence-corrected chi connectivity index (χ3v) is 4.15. The second kappa shape index (κ2) is 10.4. The van der Waals surface area contributed by atoms with Crippen LogP contribution < -0.4 is 10.6 Å². The van der Waals surface area contributed by atoms with Crippen LogP contribution in [0.3, 0.4) is 0 Å². The number of halogens is 1. The average molecular weight is 410 g/mol. The topological polar surface area (TPSA) is 39.7 Å². The summed E-state index contributed by atoms with van der Waals surface area (Å²) in [5.74, 6) is 0.873. The molecule has 2 atom stereocenters. The van der Waals surface area contributed by atoms with E-state index in [2.05, 4.69) is 66.0 Å². The molecule has 2 unspecified atom stereocenters. The van der Waals surface area contributed by atoms with Crippen LogP contribution in [0.4, 0.5) is 0 Å². The number of likely N-dealkylation sites (N-methyl/N-ethyl adjacent to an activating group) is 1. The molecule has 20 heavy (non-hydrogen) atoms. The number of nitrogens with zero attached hydrogens (tertiary/aromatic N) is 2. The summed E-state index contributed by atoms with van der Waals surface area (Å²) >= 11 is 1.80. The maximum atomic E-state index is 4.27. The van der Waals surface area contributed by atoms with Crippen molar-refractivity contribution in [3.63, 3.8) is 0 Å². The first-order valence-corrected chi connectivity index (χ1v) is 7.63. The number of hydrogen-bond acceptors (Lipinski definition) is 3. The quantitative estimate of drug-likeness (QED) is 0.431. The fourth-order valence-corrected chi connectivity index (χ4v) is 2.66. The Kier molecular flexibility index (Phi) is 10.2. The van der Waals surface area contributed by atoms with Gasteiger partial charge in [-0.3, -0.25) is 4.99 Å². The van der Waals surface area contributed by atoms with Gasteiger partial charge in [0.15, 0.2) is 5.96 Å². The van der Waals surface area contributed by atoms with Gasteiger partial charge in [0.1, 0.15) is 0 Å². The van der Waals surface area contributed by atoms with Crippen LogP contribution in [-0.4, -0.2) is 44.6 Å². The Morgan fingerprint density at radius 2 is 2.15 bits per heavy atom. The number of thiophene rings is 1. The van der Waals surface area contributed by atoms with Crippen molar-refractivity contribution in [3.05, 3.63) is 22.4 Å². The molecular weight excluding hydrogens is 383 g/mol. The van der Waals surface area contributed by atoms with Gasteiger partial charge < -0.3 is 15.5 Å². The average Bonchev–Trinajstić information content (AvgIpc) is 2.90. The van der Waals surface area contributed by atoms with E-state index in [1.807, 2.05) is 7.05 Å². The van der Waals surface area contributed by atoms with Gasteiger partial charge in [0.25, 0.3) is 0 Å². The van der Waals surface area contributed by atoms with Crippen LogP contribution in [0.2, 0.25) is 0 Å². The standard InChI is InChI=1S/C14H26N4S.HI/c1-6-11(2)17-14(15-3)16-10-12(18(4)5)13-8-7-9-19-13;/h7-9,11-12H,6,10H2,1-5H3,(H2,15,16,17);1H. The van der Waals surface area contributed by atoms with Crippen molar-refractivity contribution in [2.75, 3.05) is 27.7 Å². The normalized spacial score (nSPS) is 14.6. The number of guanidine groups is 1. The van der Waals surface area contributed by atoms with Crippen LogP contribution in [-0.2, 0) is 0 Å². The Balaban J connectivity index is 0.00000361. The van der Waals surface area contributed by atoms with Crippen molar-refractivity contribution in [2.24, 2.45) is 4.99 Å². The van der Waals surface area contributed by atoms with Crippen molar-refractivity contribution >= 4 is 41.3 Å². The second-order valence-electron chi connectivity index (χ2n) is 4.90. The van der Waals surface area contributed by atoms with Gasteiger partial charge in [0, 0.05) is 24.5 Å². The Labute approximate surface area is 144 Å². The maximum Gasteiger partial charge on any atom is 0.191 e. The number of hydrogen-bond donors (Lipinski definition) is 2. The van der Waals surface area contributed by atoms with E-state index in [-0.39, 0.29) is 24.0 Å². The van der Waals surface area contributed by atoms with Gasteiger partial charge in [-0.15, -0.1) is 35.3 Å². The predicted molar refractivity (Wildman–Crippen MR) is 100 cm³/mol. The molecule has 4 nitrogen and oxygen atoms in total. The number of nitrogens with one attached hydrogen (secondary N) is 2. The molecule has 1 aromatic heterocycles. The highest BCUT2D eigenvalue weighted by Gasteiger charge is 2.15. The Hall–Kier alpha value is -0.340. The minimum atomic E-state index is 0. The lowest BCUT2D eigenvalue weighted by Gasteiger charge is -2.25. The van der Waals surface area contributed by atoms with Crippen molar-refractivity contribution in [3.8, 4) is 0 Å². The highest BCUT2D eigenvalue weighted by atomic mass is 127. The lowest BCUT2D eigenvalue weighted by Crippen LogP contribution is -2.44. The Morgan fingerprint density at radius 1 is 1.45 bits per heavy atom. The summed E-state index contributed by atoms with van der Waals surface area (Å²) in [5, 5.41) is 8.91. The molecule has 1 rings (SSSR count). The summed E-state index contributed by atoms with van der Waals surface area (Å²) < 4.78 is 0. The van der Waals surface area contributed by atoms with E-state index in [4.69, 9.17) is 0 Å². The van der Waals surface area contributed by atoms with Crippen molar-refractivity contribution in [1.82, 2.24) is 15.5 Å². The molecule has 1 aromatic rings. The summed E-state index contributed by atoms with van der Waals surface area (Å²) in [7, 11) is 6.03. The van der Waals surface area contributed by atoms with Crippen LogP contribution >= 0.6 is 35.3 Å². The fraction of sp³-hybridized carbons (Fsp3) is 0.643. The summed E-state index contributed by atoms with van der Waals surface area (Å²) in [5.41, 5.74) is 0. The molecule has 2 N–H and O–H groups in total. The molecule has 0 saturated carbocycles. The summed E-state index contributed by atoms with van der Waals surface area (Å²) in [6.07, 6.45) is 1.09. The van der Waals surface area contributed by atoms with E-state index in [9.17, 15) is 0 Å². The van der Waals surface area contributed by atoms with Crippen molar-refractivity contribution in [1.29, 1.82) is 0 Å². The number of rotatable bonds is 6. The van der Waals surface area contributed by atoms with Crippen LogP contribution in [0.5, 0.6) is 0 Å². The molecule has 116 valence electrons. The summed E-state index contributed by atoms with van der Waals surface area (Å²) in [6, 6.07) is 5.09. The maximum absolute atomic E-state index is 4.27. The van der Waals surface area contributed by atoms with Crippen molar-refractivity contribution in [2.45, 2.75) is 32.4 Å². The Morgan fingerprint density at radius 3 is 2.60 bits per heavy atom. The monoisotopic (exact) mass is 410 g/mol. The lowest BCUT2D eigenvalue weighted by atomic mass is 10.2. The molecule has 0 bridgehead atoms. The van der Waals surface area contributed by atoms with Crippen LogP contribution in [0, 0.1) is 0 Å². The van der Waals surface area contributed by atoms with Crippen LogP contribution in [0.25, 0.3) is 0 Å². The van der Waals surface area contributed by atoms with Gasteiger partial charge in [-0.25, -0.2) is 0 Å². The van der Waals surface area contributed by atoms with Gasteiger partial charge in [0.2, 0.25) is 0 Å². The largest absolute Gasteiger partial charge is 0.354 e. The molecule has 1 heterocycles. The zero-order valence-electron chi connectivity index (χ0n) is 13.0. The molecule has 0 spiro atoms. The van der Waals surface area contributed by atoms with E-state index in [0.717, 1.165) is 18.9 Å². The first kappa shape index (κ1) is 19.7. The molecule has 0 saturated heterocycles. The SMILES string of the molecule is CCC(C)NC(=NC)NCC(c1cccs1)N(C)C.I. The van der Waals surface area contributed by atoms with E-state index >= 15 is 0 Å². The molecule has 0 amide bonds. The molecule has 0 aromatic carbocycles. The van der Waals surface area contributed by atoms with Gasteiger partial charge in [-0.05, 0) is 38.9 Å². The smallest absolute Gasteiger partial charge is 0.191 e. The number of aliphatic imine (C=N–C) groups is 1. The van der Waals surface area contributed by atoms with E-state index in [1.54, 1.807) is 11.3 Å². The summed E-state index contributed by atoms with van der Waals surface area (Å²) in [6.45, 7) is 5.18. The predicted octanol–water partition coefficient (Wildman–Crippen LogP) is 2.93. The highest BCUT2D eigenvalue weighted by Crippen LogP contribution is 2.22. The van der Waals surface area contributed by atoms with Gasteiger partial charge in [-0.2, -0.15) is 0 Å². The van der Waals surface area contributed by atoms with Crippen LogP contribution in [0.15, 0.2) is 22.5 Å². The van der Waals surface area contributed by atoms with Crippen LogP contribution in [0.1, 0.15) is 31.2 Å². The van der Waals surface area contributed by atoms with E-state index in [0.29, 0.717) is 12.1 Å². The minimum absolute atomic E-state index is 0. The molecule has 0 aliphatic heterocycles. The zero-order valence-corrected chi connectivity index (χ0v) is 16.2. The highest BCUT2D eigenvalue weighted by molar-refractivity contribution is 14.0. The molecule has 0 fully saturated rings. The van der Waals surface area contributed by atoms with Crippen molar-refractivity contribution < 1.29 is 0 Å². The van der Waals surface area contributed by atoms with Gasteiger partial charge in [0.05, 0.1) is 6.04 Å². The van der Waals surface area contributed by atoms with Gasteiger partial charge in [-0.1, -0.05) is 13.0 Å². The fourth-order valence-electron chi connectivity index (χ4n) is 1.74. The first-order chi connectivity index (χ1) is 9.08. The molecule has 0 aliphatic carbocycles. The molecule has 0 aliphatic rings. The molecule has 0 radical (unpaired) electrons. The molecular formula is C14H27IN4S. The zero-order chi connectivity index (χ0) is 14.3. The lowest BCUT2D eigenvalue weighted by molar-refractivity contribution is 0.302. The third kappa shape index (κ3) is 6.41. The summed E-state index contributed by atoms with van der Waals surface area (Å²) in [4.78, 5) is 7.87. The van der Waals surface area contributed by atoms with Gasteiger partial charge >= 0.3 is 0 Å². The van der Waals surface area contributed by atoms with E-state index in [1.165, 1.54) is 4.88 Å². The second-order valence-corrected chi connectivity index (χ2v) is 5.88. The third-order valence-electron chi connectivity index (χ3n) is 3.18. The van der Waals surface area contributed by atoms with E-state index < -0.39 is 0 Å².